The average molecular weight is 280 g/mol. The summed E-state index contributed by atoms with van der Waals surface area (Å²) in [6.45, 7) is 2.16. The second kappa shape index (κ2) is 6.67. The van der Waals surface area contributed by atoms with Gasteiger partial charge in [0.05, 0.1) is 11.5 Å². The van der Waals surface area contributed by atoms with Crippen LogP contribution >= 0.6 is 0 Å². The molecule has 0 aromatic heterocycles. The highest BCUT2D eigenvalue weighted by atomic mass is 16.6. The van der Waals surface area contributed by atoms with E-state index in [-0.39, 0.29) is 17.2 Å². The van der Waals surface area contributed by atoms with E-state index in [9.17, 15) is 10.1 Å². The zero-order valence-corrected chi connectivity index (χ0v) is 11.6. The number of anilines is 1. The molecule has 2 rings (SSSR count). The number of nitro benzene ring substituents is 1. The molecule has 1 aliphatic heterocycles. The maximum Gasteiger partial charge on any atom is 0.292 e. The van der Waals surface area contributed by atoms with Gasteiger partial charge in [-0.05, 0) is 30.4 Å². The number of ether oxygens (including phenoxy) is 1. The molecule has 1 N–H and O–H groups in total. The van der Waals surface area contributed by atoms with Crippen LogP contribution in [0.3, 0.4) is 0 Å². The topological polar surface area (TPSA) is 75.8 Å². The van der Waals surface area contributed by atoms with E-state index in [1.165, 1.54) is 6.07 Å². The van der Waals surface area contributed by atoms with Gasteiger partial charge in [0.2, 0.25) is 0 Å². The highest BCUT2D eigenvalue weighted by Crippen LogP contribution is 2.32. The normalized spacial score (nSPS) is 16.4. The summed E-state index contributed by atoms with van der Waals surface area (Å²) in [6, 6.07) is 4.93. The van der Waals surface area contributed by atoms with Crippen LogP contribution in [0.5, 0.6) is 0 Å². The molecular weight excluding hydrogens is 260 g/mol. The van der Waals surface area contributed by atoms with Gasteiger partial charge in [0.15, 0.2) is 0 Å². The Morgan fingerprint density at radius 1 is 1.45 bits per heavy atom. The maximum absolute atomic E-state index is 11.2. The van der Waals surface area contributed by atoms with Crippen LogP contribution in [0.15, 0.2) is 18.2 Å². The molecular formula is C14H20N2O4. The molecule has 1 aromatic carbocycles. The van der Waals surface area contributed by atoms with Crippen molar-refractivity contribution < 1.29 is 14.8 Å². The molecule has 0 bridgehead atoms. The van der Waals surface area contributed by atoms with Crippen molar-refractivity contribution in [1.82, 2.24) is 0 Å². The van der Waals surface area contributed by atoms with Crippen molar-refractivity contribution in [2.24, 2.45) is 5.92 Å². The lowest BCUT2D eigenvalue weighted by atomic mass is 9.97. The fourth-order valence-electron chi connectivity index (χ4n) is 2.66. The molecule has 0 amide bonds. The van der Waals surface area contributed by atoms with Crippen molar-refractivity contribution in [3.8, 4) is 0 Å². The van der Waals surface area contributed by atoms with Gasteiger partial charge < -0.3 is 14.7 Å². The van der Waals surface area contributed by atoms with Crippen LogP contribution in [-0.2, 0) is 11.3 Å². The summed E-state index contributed by atoms with van der Waals surface area (Å²) in [6.07, 6.45) is 1.96. The zero-order chi connectivity index (χ0) is 14.5. The van der Waals surface area contributed by atoms with Crippen LogP contribution in [0.4, 0.5) is 11.4 Å². The fraction of sp³-hybridized carbons (Fsp3) is 0.571. The van der Waals surface area contributed by atoms with Gasteiger partial charge in [0, 0.05) is 32.9 Å². The fourth-order valence-corrected chi connectivity index (χ4v) is 2.66. The molecule has 6 heteroatoms. The Balaban J connectivity index is 2.15. The number of piperidine rings is 1. The van der Waals surface area contributed by atoms with Gasteiger partial charge in [-0.3, -0.25) is 10.1 Å². The summed E-state index contributed by atoms with van der Waals surface area (Å²) in [4.78, 5) is 12.8. The van der Waals surface area contributed by atoms with Gasteiger partial charge >= 0.3 is 0 Å². The molecule has 6 nitrogen and oxygen atoms in total. The molecule has 0 aliphatic carbocycles. The predicted octanol–water partition coefficient (Wildman–Crippen LogP) is 1.95. The smallest absolute Gasteiger partial charge is 0.292 e. The minimum Gasteiger partial charge on any atom is -0.392 e. The molecule has 1 aliphatic rings. The second-order valence-corrected chi connectivity index (χ2v) is 5.12. The minimum atomic E-state index is -0.379. The van der Waals surface area contributed by atoms with E-state index in [1.54, 1.807) is 19.2 Å². The molecule has 20 heavy (non-hydrogen) atoms. The third kappa shape index (κ3) is 3.26. The molecule has 0 unspecified atom stereocenters. The summed E-state index contributed by atoms with van der Waals surface area (Å²) < 4.78 is 5.16. The monoisotopic (exact) mass is 280 g/mol. The maximum atomic E-state index is 11.2. The minimum absolute atomic E-state index is 0.0711. The van der Waals surface area contributed by atoms with Crippen molar-refractivity contribution in [3.05, 3.63) is 33.9 Å². The number of aliphatic hydroxyl groups is 1. The second-order valence-electron chi connectivity index (χ2n) is 5.12. The van der Waals surface area contributed by atoms with Crippen molar-refractivity contribution in [2.45, 2.75) is 19.4 Å². The Kier molecular flexibility index (Phi) is 4.92. The molecule has 0 saturated carbocycles. The van der Waals surface area contributed by atoms with Crippen molar-refractivity contribution in [1.29, 1.82) is 0 Å². The lowest BCUT2D eigenvalue weighted by Gasteiger charge is -2.33. The first-order chi connectivity index (χ1) is 9.65. The lowest BCUT2D eigenvalue weighted by Crippen LogP contribution is -2.35. The van der Waals surface area contributed by atoms with Gasteiger partial charge in [-0.25, -0.2) is 0 Å². The van der Waals surface area contributed by atoms with Crippen LogP contribution in [0, 0.1) is 16.0 Å². The SMILES string of the molecule is COCC1CCN(c2ccc(CO)cc2[N+](=O)[O-])CC1. The Morgan fingerprint density at radius 3 is 2.70 bits per heavy atom. The zero-order valence-electron chi connectivity index (χ0n) is 11.6. The van der Waals surface area contributed by atoms with Crippen LogP contribution in [0.25, 0.3) is 0 Å². The van der Waals surface area contributed by atoms with Crippen LogP contribution in [0.2, 0.25) is 0 Å². The van der Waals surface area contributed by atoms with E-state index < -0.39 is 0 Å². The van der Waals surface area contributed by atoms with Crippen molar-refractivity contribution in [3.63, 3.8) is 0 Å². The van der Waals surface area contributed by atoms with Gasteiger partial charge in [0.25, 0.3) is 5.69 Å². The number of benzene rings is 1. The summed E-state index contributed by atoms with van der Waals surface area (Å²) in [7, 11) is 1.70. The lowest BCUT2D eigenvalue weighted by molar-refractivity contribution is -0.384. The number of methoxy groups -OCH3 is 1. The van der Waals surface area contributed by atoms with E-state index in [4.69, 9.17) is 9.84 Å². The number of aliphatic hydroxyl groups excluding tert-OH is 1. The molecule has 1 aromatic rings. The molecule has 1 fully saturated rings. The van der Waals surface area contributed by atoms with E-state index >= 15 is 0 Å². The Bertz CT molecular complexity index is 470. The molecule has 0 spiro atoms. The highest BCUT2D eigenvalue weighted by Gasteiger charge is 2.24. The van der Waals surface area contributed by atoms with Crippen LogP contribution in [-0.4, -0.2) is 36.8 Å². The number of hydrogen-bond donors (Lipinski definition) is 1. The van der Waals surface area contributed by atoms with Crippen LogP contribution in [0.1, 0.15) is 18.4 Å². The number of nitro groups is 1. The van der Waals surface area contributed by atoms with E-state index in [1.807, 2.05) is 4.90 Å². The molecule has 1 heterocycles. The van der Waals surface area contributed by atoms with E-state index in [2.05, 4.69) is 0 Å². The van der Waals surface area contributed by atoms with Gasteiger partial charge in [0.1, 0.15) is 5.69 Å². The van der Waals surface area contributed by atoms with Gasteiger partial charge in [-0.2, -0.15) is 0 Å². The number of rotatable bonds is 5. The van der Waals surface area contributed by atoms with E-state index in [0.717, 1.165) is 32.5 Å². The summed E-state index contributed by atoms with van der Waals surface area (Å²) in [5, 5.41) is 20.3. The first-order valence-electron chi connectivity index (χ1n) is 6.77. The van der Waals surface area contributed by atoms with Gasteiger partial charge in [-0.15, -0.1) is 0 Å². The third-order valence-corrected chi connectivity index (χ3v) is 3.78. The third-order valence-electron chi connectivity index (χ3n) is 3.78. The highest BCUT2D eigenvalue weighted by molar-refractivity contribution is 5.64. The molecule has 110 valence electrons. The number of hydrogen-bond acceptors (Lipinski definition) is 5. The largest absolute Gasteiger partial charge is 0.392 e. The predicted molar refractivity (Wildman–Crippen MR) is 75.8 cm³/mol. The first kappa shape index (κ1) is 14.7. The molecule has 0 atom stereocenters. The molecule has 0 radical (unpaired) electrons. The van der Waals surface area contributed by atoms with Crippen molar-refractivity contribution in [2.75, 3.05) is 31.7 Å². The number of nitrogens with zero attached hydrogens (tertiary/aromatic N) is 2. The molecule has 1 saturated heterocycles. The van der Waals surface area contributed by atoms with E-state index in [0.29, 0.717) is 17.2 Å². The quantitative estimate of drug-likeness (QED) is 0.659. The Labute approximate surface area is 118 Å². The first-order valence-corrected chi connectivity index (χ1v) is 6.77. The average Bonchev–Trinajstić information content (AvgIpc) is 2.48. The van der Waals surface area contributed by atoms with Gasteiger partial charge in [-0.1, -0.05) is 6.07 Å². The van der Waals surface area contributed by atoms with Crippen LogP contribution < -0.4 is 4.90 Å². The standard InChI is InChI=1S/C14H20N2O4/c1-20-10-11-4-6-15(7-5-11)13-3-2-12(9-17)8-14(13)16(18)19/h2-3,8,11,17H,4-7,9-10H2,1H3. The Hall–Kier alpha value is -1.66. The summed E-state index contributed by atoms with van der Waals surface area (Å²) >= 11 is 0. The summed E-state index contributed by atoms with van der Waals surface area (Å²) in [5.74, 6) is 0.534. The Morgan fingerprint density at radius 2 is 2.15 bits per heavy atom. The summed E-state index contributed by atoms with van der Waals surface area (Å²) in [5.41, 5.74) is 1.28. The van der Waals surface area contributed by atoms with Crippen molar-refractivity contribution >= 4 is 11.4 Å².